The Balaban J connectivity index is 1.44. The summed E-state index contributed by atoms with van der Waals surface area (Å²) in [7, 11) is 4.09. The molecule has 2 fully saturated rings. The van der Waals surface area contributed by atoms with Crippen molar-refractivity contribution in [1.82, 2.24) is 24.3 Å². The lowest BCUT2D eigenvalue weighted by Gasteiger charge is -2.43. The van der Waals surface area contributed by atoms with E-state index in [1.807, 2.05) is 27.1 Å². The van der Waals surface area contributed by atoms with Gasteiger partial charge in [-0.05, 0) is 68.8 Å². The van der Waals surface area contributed by atoms with Crippen LogP contribution in [0.5, 0.6) is 0 Å². The number of nitriles is 1. The maximum Gasteiger partial charge on any atom is 0.246 e. The first-order valence-corrected chi connectivity index (χ1v) is 16.1. The zero-order chi connectivity index (χ0) is 32.4. The van der Waals surface area contributed by atoms with Gasteiger partial charge in [-0.15, -0.1) is 0 Å². The lowest BCUT2D eigenvalue weighted by Crippen LogP contribution is -2.57. The highest BCUT2D eigenvalue weighted by atomic mass is 35.5. The van der Waals surface area contributed by atoms with Crippen LogP contribution in [0.2, 0.25) is 10.0 Å². The summed E-state index contributed by atoms with van der Waals surface area (Å²) >= 11 is 13.7. The molecule has 0 bridgehead atoms. The number of amides is 1. The van der Waals surface area contributed by atoms with E-state index in [1.54, 1.807) is 23.5 Å². The molecule has 7 rings (SSSR count). The summed E-state index contributed by atoms with van der Waals surface area (Å²) in [6, 6.07) is 5.88. The third kappa shape index (κ3) is 4.75. The van der Waals surface area contributed by atoms with Crippen molar-refractivity contribution in [3.63, 3.8) is 0 Å². The second-order valence-electron chi connectivity index (χ2n) is 12.6. The fourth-order valence-corrected chi connectivity index (χ4v) is 7.69. The highest BCUT2D eigenvalue weighted by Gasteiger charge is 2.36. The number of benzene rings is 2. The molecule has 46 heavy (non-hydrogen) atoms. The van der Waals surface area contributed by atoms with Crippen LogP contribution in [0.3, 0.4) is 0 Å². The number of hydrogen-bond acceptors (Lipinski definition) is 7. The number of aliphatic imine (C=N–C) groups is 1. The molecule has 0 unspecified atom stereocenters. The van der Waals surface area contributed by atoms with Crippen LogP contribution in [-0.2, 0) is 11.3 Å². The van der Waals surface area contributed by atoms with Gasteiger partial charge in [-0.3, -0.25) is 9.79 Å². The highest BCUT2D eigenvalue weighted by Crippen LogP contribution is 2.45. The summed E-state index contributed by atoms with van der Waals surface area (Å²) in [5, 5.41) is 10.9. The number of nitrogens with zero attached hydrogens (tertiary/aromatic N) is 8. The number of likely N-dealkylation sites (tertiary alicyclic amines) is 1. The number of carbonyl (C=O) groups is 1. The monoisotopic (exact) mass is 658 g/mol. The van der Waals surface area contributed by atoms with Gasteiger partial charge in [0.1, 0.15) is 11.0 Å². The smallest absolute Gasteiger partial charge is 0.246 e. The van der Waals surface area contributed by atoms with Crippen LogP contribution in [-0.4, -0.2) is 82.3 Å². The SMILES string of the molecule is C=CC(=O)N1CC[C@H](n2cnc3c(N4CC(N(C)C)C4)nc4c(F)c(-c5c(C)c(Cl)cc6c5C=NC6)c(Cl)cc4c32)C[C@H]1CC#N. The summed E-state index contributed by atoms with van der Waals surface area (Å²) in [5.74, 6) is -0.0905. The molecule has 0 radical (unpaired) electrons. The average molecular weight is 660 g/mol. The largest absolute Gasteiger partial charge is 0.351 e. The van der Waals surface area contributed by atoms with Gasteiger partial charge in [0.25, 0.3) is 0 Å². The van der Waals surface area contributed by atoms with Gasteiger partial charge in [0.05, 0.1) is 35.9 Å². The number of fused-ring (bicyclic) bond motifs is 4. The molecule has 1 amide bonds. The molecule has 0 aliphatic carbocycles. The Bertz CT molecular complexity index is 2010. The van der Waals surface area contributed by atoms with Gasteiger partial charge in [-0.2, -0.15) is 5.26 Å². The van der Waals surface area contributed by atoms with E-state index in [1.165, 1.54) is 6.08 Å². The second-order valence-corrected chi connectivity index (χ2v) is 13.4. The van der Waals surface area contributed by atoms with Crippen LogP contribution in [0.25, 0.3) is 33.1 Å². The normalized spacial score (nSPS) is 19.6. The van der Waals surface area contributed by atoms with E-state index >= 15 is 4.39 Å². The van der Waals surface area contributed by atoms with E-state index in [9.17, 15) is 10.1 Å². The van der Waals surface area contributed by atoms with Crippen LogP contribution in [0, 0.1) is 24.1 Å². The number of imidazole rings is 1. The molecule has 3 aliphatic rings. The van der Waals surface area contributed by atoms with Crippen LogP contribution in [0.4, 0.5) is 10.2 Å². The molecule has 2 aromatic heterocycles. The third-order valence-electron chi connectivity index (χ3n) is 9.81. The predicted molar refractivity (Wildman–Crippen MR) is 180 cm³/mol. The zero-order valence-corrected chi connectivity index (χ0v) is 27.4. The lowest BCUT2D eigenvalue weighted by molar-refractivity contribution is -0.130. The number of anilines is 1. The Labute approximate surface area is 276 Å². The molecule has 12 heteroatoms. The summed E-state index contributed by atoms with van der Waals surface area (Å²) in [6.07, 6.45) is 6.22. The second kappa shape index (κ2) is 11.6. The first-order valence-electron chi connectivity index (χ1n) is 15.3. The minimum absolute atomic E-state index is 0.0854. The molecule has 0 spiro atoms. The van der Waals surface area contributed by atoms with Crippen LogP contribution in [0.1, 0.15) is 42.0 Å². The van der Waals surface area contributed by atoms with Crippen LogP contribution >= 0.6 is 23.2 Å². The molecule has 3 aliphatic heterocycles. The first-order chi connectivity index (χ1) is 22.1. The molecule has 2 atom stereocenters. The Morgan fingerprint density at radius 2 is 2.00 bits per heavy atom. The minimum Gasteiger partial charge on any atom is -0.351 e. The van der Waals surface area contributed by atoms with Crippen molar-refractivity contribution in [2.75, 3.05) is 38.6 Å². The fraction of sp³-hybridized carbons (Fsp3) is 0.382. The molecular formula is C34H33Cl2FN8O. The number of pyridine rings is 1. The van der Waals surface area contributed by atoms with E-state index in [0.29, 0.717) is 59.3 Å². The van der Waals surface area contributed by atoms with E-state index < -0.39 is 5.82 Å². The first kappa shape index (κ1) is 30.6. The summed E-state index contributed by atoms with van der Waals surface area (Å²) in [4.78, 5) is 32.9. The van der Waals surface area contributed by atoms with Crippen molar-refractivity contribution in [3.05, 3.63) is 63.7 Å². The van der Waals surface area contributed by atoms with E-state index in [-0.39, 0.29) is 40.5 Å². The molecule has 0 N–H and O–H groups in total. The number of hydrogen-bond donors (Lipinski definition) is 0. The minimum atomic E-state index is -0.523. The number of aromatic nitrogens is 3. The van der Waals surface area contributed by atoms with Gasteiger partial charge >= 0.3 is 0 Å². The highest BCUT2D eigenvalue weighted by molar-refractivity contribution is 6.36. The van der Waals surface area contributed by atoms with E-state index in [4.69, 9.17) is 33.2 Å². The molecule has 9 nitrogen and oxygen atoms in total. The predicted octanol–water partition coefficient (Wildman–Crippen LogP) is 6.32. The lowest BCUT2D eigenvalue weighted by atomic mass is 9.91. The van der Waals surface area contributed by atoms with Gasteiger partial charge in [-0.1, -0.05) is 29.8 Å². The molecule has 2 aromatic carbocycles. The molecule has 0 saturated carbocycles. The number of rotatable bonds is 6. The summed E-state index contributed by atoms with van der Waals surface area (Å²) in [5.41, 5.74) is 4.94. The molecule has 5 heterocycles. The van der Waals surface area contributed by atoms with Gasteiger partial charge in [-0.25, -0.2) is 14.4 Å². The van der Waals surface area contributed by atoms with Gasteiger partial charge in [0.15, 0.2) is 11.6 Å². The van der Waals surface area contributed by atoms with Crippen LogP contribution < -0.4 is 4.90 Å². The van der Waals surface area contributed by atoms with E-state index in [2.05, 4.69) is 32.0 Å². The Hall–Kier alpha value is -4.04. The maximum atomic E-state index is 17.1. The maximum absolute atomic E-state index is 17.1. The van der Waals surface area contributed by atoms with Crippen molar-refractivity contribution >= 4 is 63.1 Å². The zero-order valence-electron chi connectivity index (χ0n) is 25.9. The van der Waals surface area contributed by atoms with Gasteiger partial charge < -0.3 is 19.3 Å². The molecular weight excluding hydrogens is 626 g/mol. The van der Waals surface area contributed by atoms with Crippen molar-refractivity contribution < 1.29 is 9.18 Å². The number of carbonyl (C=O) groups excluding carboxylic acids is 1. The summed E-state index contributed by atoms with van der Waals surface area (Å²) < 4.78 is 19.2. The van der Waals surface area contributed by atoms with Crippen molar-refractivity contribution in [2.24, 2.45) is 4.99 Å². The molecule has 4 aromatic rings. The Kier molecular flexibility index (Phi) is 7.74. The van der Waals surface area contributed by atoms with Crippen molar-refractivity contribution in [2.45, 2.75) is 50.9 Å². The van der Waals surface area contributed by atoms with E-state index in [0.717, 1.165) is 35.3 Å². The van der Waals surface area contributed by atoms with Gasteiger partial charge in [0.2, 0.25) is 5.91 Å². The topological polar surface area (TPSA) is 93.7 Å². The Morgan fingerprint density at radius 1 is 1.22 bits per heavy atom. The number of halogens is 3. The average Bonchev–Trinajstić information content (AvgIpc) is 3.66. The number of likely N-dealkylation sites (N-methyl/N-ethyl adjacent to an activating group) is 1. The molecule has 236 valence electrons. The van der Waals surface area contributed by atoms with Gasteiger partial charge in [0, 0.05) is 65.5 Å². The Morgan fingerprint density at radius 3 is 2.72 bits per heavy atom. The summed E-state index contributed by atoms with van der Waals surface area (Å²) in [6.45, 7) is 7.92. The van der Waals surface area contributed by atoms with Crippen molar-refractivity contribution in [1.29, 1.82) is 5.26 Å². The van der Waals surface area contributed by atoms with Crippen molar-refractivity contribution in [3.8, 4) is 17.2 Å². The van der Waals surface area contributed by atoms with Crippen LogP contribution in [0.15, 0.2) is 36.1 Å². The standard InChI is InChI=1S/C34H33Cl2FN8O/c1-5-27(46)44-9-7-21(11-20(44)6-8-38)45-17-40-32-33(45)23-12-26(36)29(28-18(2)25(35)10-19-13-39-14-24(19)28)30(37)31(23)41-34(32)43-15-22(16-43)42(3)4/h5,10,12,14,17,20-22H,1,6-7,9,11,13,15-16H2,2-4H3/t20-,21+/m1/s1. The quantitative estimate of drug-likeness (QED) is 0.225. The molecule has 2 saturated heterocycles. The fourth-order valence-electron chi connectivity index (χ4n) is 7.18. The number of piperidine rings is 1. The third-order valence-corrected chi connectivity index (χ3v) is 10.5.